The number of carbonyl (C=O) groups is 1. The van der Waals surface area contributed by atoms with Crippen molar-refractivity contribution in [2.24, 2.45) is 0 Å². The Labute approximate surface area is 167 Å². The van der Waals surface area contributed by atoms with Gasteiger partial charge >= 0.3 is 0 Å². The van der Waals surface area contributed by atoms with E-state index in [0.717, 1.165) is 11.1 Å². The van der Waals surface area contributed by atoms with Crippen molar-refractivity contribution in [2.75, 3.05) is 19.0 Å². The second-order valence-corrected chi connectivity index (χ2v) is 6.54. The standard InChI is InChI=1S/C21H17Cl2NO3/c1-26-20-10-8-16(22)12-18(20)24-21(25)13-27-19-9-7-15(11-17(19)23)14-5-3-2-4-6-14/h2-12H,13H2,1H3,(H,24,25). The van der Waals surface area contributed by atoms with E-state index in [1.54, 1.807) is 24.3 Å². The molecule has 0 atom stereocenters. The van der Waals surface area contributed by atoms with E-state index in [-0.39, 0.29) is 12.5 Å². The van der Waals surface area contributed by atoms with E-state index >= 15 is 0 Å². The van der Waals surface area contributed by atoms with Crippen molar-refractivity contribution in [3.05, 3.63) is 76.8 Å². The molecule has 0 aliphatic heterocycles. The maximum Gasteiger partial charge on any atom is 0.262 e. The highest BCUT2D eigenvalue weighted by Gasteiger charge is 2.11. The fourth-order valence-corrected chi connectivity index (χ4v) is 2.94. The summed E-state index contributed by atoms with van der Waals surface area (Å²) in [6, 6.07) is 20.3. The van der Waals surface area contributed by atoms with Crippen LogP contribution >= 0.6 is 23.2 Å². The molecule has 138 valence electrons. The second-order valence-electron chi connectivity index (χ2n) is 5.69. The fourth-order valence-electron chi connectivity index (χ4n) is 2.54. The number of halogens is 2. The van der Waals surface area contributed by atoms with Gasteiger partial charge in [-0.15, -0.1) is 0 Å². The number of hydrogen-bond donors (Lipinski definition) is 1. The topological polar surface area (TPSA) is 47.6 Å². The molecule has 27 heavy (non-hydrogen) atoms. The van der Waals surface area contributed by atoms with Crippen LogP contribution in [0.3, 0.4) is 0 Å². The number of amides is 1. The highest BCUT2D eigenvalue weighted by molar-refractivity contribution is 6.32. The van der Waals surface area contributed by atoms with Crippen LogP contribution in [0.4, 0.5) is 5.69 Å². The third kappa shape index (κ3) is 4.94. The van der Waals surface area contributed by atoms with Crippen molar-refractivity contribution in [3.63, 3.8) is 0 Å². The molecule has 0 radical (unpaired) electrons. The van der Waals surface area contributed by atoms with Crippen LogP contribution < -0.4 is 14.8 Å². The molecule has 0 fully saturated rings. The van der Waals surface area contributed by atoms with Crippen LogP contribution in [0.1, 0.15) is 0 Å². The second kappa shape index (κ2) is 8.80. The Morgan fingerprint density at radius 1 is 0.926 bits per heavy atom. The normalized spacial score (nSPS) is 10.3. The molecule has 3 aromatic carbocycles. The van der Waals surface area contributed by atoms with Gasteiger partial charge in [0.15, 0.2) is 6.61 Å². The van der Waals surface area contributed by atoms with E-state index in [0.29, 0.717) is 27.2 Å². The highest BCUT2D eigenvalue weighted by atomic mass is 35.5. The molecule has 3 aromatic rings. The molecule has 1 N–H and O–H groups in total. The van der Waals surface area contributed by atoms with Gasteiger partial charge in [-0.2, -0.15) is 0 Å². The van der Waals surface area contributed by atoms with E-state index in [4.69, 9.17) is 32.7 Å². The Morgan fingerprint density at radius 3 is 2.37 bits per heavy atom. The van der Waals surface area contributed by atoms with Crippen molar-refractivity contribution in [3.8, 4) is 22.6 Å². The van der Waals surface area contributed by atoms with Gasteiger partial charge in [0, 0.05) is 5.02 Å². The first-order valence-corrected chi connectivity index (χ1v) is 8.93. The highest BCUT2D eigenvalue weighted by Crippen LogP contribution is 2.31. The number of benzene rings is 3. The number of hydrogen-bond acceptors (Lipinski definition) is 3. The Kier molecular flexibility index (Phi) is 6.22. The Morgan fingerprint density at radius 2 is 1.67 bits per heavy atom. The molecule has 0 unspecified atom stereocenters. The van der Waals surface area contributed by atoms with Gasteiger partial charge in [0.25, 0.3) is 5.91 Å². The van der Waals surface area contributed by atoms with E-state index in [2.05, 4.69) is 5.32 Å². The number of carbonyl (C=O) groups excluding carboxylic acids is 1. The van der Waals surface area contributed by atoms with Gasteiger partial charge in [-0.05, 0) is 41.5 Å². The lowest BCUT2D eigenvalue weighted by molar-refractivity contribution is -0.118. The van der Waals surface area contributed by atoms with E-state index < -0.39 is 0 Å². The van der Waals surface area contributed by atoms with Crippen LogP contribution in [-0.4, -0.2) is 19.6 Å². The number of ether oxygens (including phenoxy) is 2. The van der Waals surface area contributed by atoms with Gasteiger partial charge in [-0.3, -0.25) is 4.79 Å². The van der Waals surface area contributed by atoms with Crippen LogP contribution in [0.15, 0.2) is 66.7 Å². The summed E-state index contributed by atoms with van der Waals surface area (Å²) in [6.45, 7) is -0.194. The summed E-state index contributed by atoms with van der Waals surface area (Å²) in [5.74, 6) is 0.598. The first-order chi connectivity index (χ1) is 13.1. The van der Waals surface area contributed by atoms with Crippen LogP contribution in [-0.2, 0) is 4.79 Å². The zero-order valence-electron chi connectivity index (χ0n) is 14.5. The first-order valence-electron chi connectivity index (χ1n) is 8.18. The maximum absolute atomic E-state index is 12.2. The Bertz CT molecular complexity index is 945. The summed E-state index contributed by atoms with van der Waals surface area (Å²) in [6.07, 6.45) is 0. The monoisotopic (exact) mass is 401 g/mol. The minimum atomic E-state index is -0.348. The minimum absolute atomic E-state index is 0.194. The number of nitrogens with one attached hydrogen (secondary N) is 1. The molecule has 0 bridgehead atoms. The molecule has 0 aliphatic rings. The lowest BCUT2D eigenvalue weighted by atomic mass is 10.1. The van der Waals surface area contributed by atoms with Gasteiger partial charge in [-0.1, -0.05) is 59.6 Å². The first kappa shape index (κ1) is 19.1. The quantitative estimate of drug-likeness (QED) is 0.577. The summed E-state index contributed by atoms with van der Waals surface area (Å²) in [5, 5.41) is 3.64. The maximum atomic E-state index is 12.2. The van der Waals surface area contributed by atoms with E-state index in [9.17, 15) is 4.79 Å². The lowest BCUT2D eigenvalue weighted by Crippen LogP contribution is -2.20. The van der Waals surface area contributed by atoms with Gasteiger partial charge in [0.05, 0.1) is 17.8 Å². The third-order valence-corrected chi connectivity index (χ3v) is 4.36. The molecule has 6 heteroatoms. The molecular weight excluding hydrogens is 385 g/mol. The molecule has 0 aromatic heterocycles. The number of rotatable bonds is 6. The Hall–Kier alpha value is -2.69. The van der Waals surface area contributed by atoms with Gasteiger partial charge in [0.1, 0.15) is 11.5 Å². The lowest BCUT2D eigenvalue weighted by Gasteiger charge is -2.12. The number of anilines is 1. The average Bonchev–Trinajstić information content (AvgIpc) is 2.68. The molecule has 0 saturated heterocycles. The van der Waals surface area contributed by atoms with Gasteiger partial charge in [-0.25, -0.2) is 0 Å². The van der Waals surface area contributed by atoms with Crippen LogP contribution in [0.5, 0.6) is 11.5 Å². The van der Waals surface area contributed by atoms with Crippen molar-refractivity contribution in [1.82, 2.24) is 0 Å². The Balaban J connectivity index is 1.65. The van der Waals surface area contributed by atoms with E-state index in [1.165, 1.54) is 7.11 Å². The molecule has 0 saturated carbocycles. The molecule has 0 aliphatic carbocycles. The minimum Gasteiger partial charge on any atom is -0.495 e. The smallest absolute Gasteiger partial charge is 0.262 e. The summed E-state index contributed by atoms with van der Waals surface area (Å²) < 4.78 is 10.8. The zero-order valence-corrected chi connectivity index (χ0v) is 16.1. The number of methoxy groups -OCH3 is 1. The van der Waals surface area contributed by atoms with Gasteiger partial charge < -0.3 is 14.8 Å². The molecule has 3 rings (SSSR count). The fraction of sp³-hybridized carbons (Fsp3) is 0.0952. The van der Waals surface area contributed by atoms with Crippen molar-refractivity contribution < 1.29 is 14.3 Å². The third-order valence-electron chi connectivity index (χ3n) is 3.83. The van der Waals surface area contributed by atoms with Crippen LogP contribution in [0, 0.1) is 0 Å². The van der Waals surface area contributed by atoms with Crippen LogP contribution in [0.25, 0.3) is 11.1 Å². The molecule has 0 spiro atoms. The predicted molar refractivity (Wildman–Crippen MR) is 109 cm³/mol. The van der Waals surface area contributed by atoms with Crippen molar-refractivity contribution in [2.45, 2.75) is 0 Å². The summed E-state index contributed by atoms with van der Waals surface area (Å²) in [5.41, 5.74) is 2.50. The summed E-state index contributed by atoms with van der Waals surface area (Å²) in [4.78, 5) is 12.2. The zero-order chi connectivity index (χ0) is 19.2. The molecule has 1 amide bonds. The molecular formula is C21H17Cl2NO3. The average molecular weight is 402 g/mol. The summed E-state index contributed by atoms with van der Waals surface area (Å²) in [7, 11) is 1.52. The SMILES string of the molecule is COc1ccc(Cl)cc1NC(=O)COc1ccc(-c2ccccc2)cc1Cl. The van der Waals surface area contributed by atoms with Gasteiger partial charge in [0.2, 0.25) is 0 Å². The largest absolute Gasteiger partial charge is 0.495 e. The summed E-state index contributed by atoms with van der Waals surface area (Å²) >= 11 is 12.3. The van der Waals surface area contributed by atoms with Crippen molar-refractivity contribution in [1.29, 1.82) is 0 Å². The van der Waals surface area contributed by atoms with Crippen molar-refractivity contribution >= 4 is 34.8 Å². The predicted octanol–water partition coefficient (Wildman–Crippen LogP) is 5.69. The molecule has 0 heterocycles. The molecule has 4 nitrogen and oxygen atoms in total. The van der Waals surface area contributed by atoms with E-state index in [1.807, 2.05) is 42.5 Å². The van der Waals surface area contributed by atoms with Crippen LogP contribution in [0.2, 0.25) is 10.0 Å².